The Hall–Kier alpha value is -0.120. The van der Waals surface area contributed by atoms with E-state index in [-0.39, 0.29) is 0 Å². The van der Waals surface area contributed by atoms with Crippen molar-refractivity contribution < 1.29 is 0 Å². The zero-order valence-electron chi connectivity index (χ0n) is 8.45. The van der Waals surface area contributed by atoms with Gasteiger partial charge in [-0.1, -0.05) is 13.8 Å². The average molecular weight is 173 g/mol. The van der Waals surface area contributed by atoms with E-state index in [4.69, 9.17) is 0 Å². The number of nitrogens with one attached hydrogen (secondary N) is 3. The van der Waals surface area contributed by atoms with E-state index in [0.717, 1.165) is 39.3 Å². The minimum absolute atomic E-state index is 1.07. The molecule has 0 aliphatic rings. The quantitative estimate of drug-likeness (QED) is 0.436. The van der Waals surface area contributed by atoms with Gasteiger partial charge in [0.1, 0.15) is 0 Å². The molecule has 0 radical (unpaired) electrons. The maximum Gasteiger partial charge on any atom is 0.00772 e. The number of hydrogen-bond acceptors (Lipinski definition) is 3. The molecule has 0 aliphatic carbocycles. The molecule has 0 spiro atoms. The largest absolute Gasteiger partial charge is 0.316 e. The van der Waals surface area contributed by atoms with Crippen LogP contribution in [0.5, 0.6) is 0 Å². The smallest absolute Gasteiger partial charge is 0.00772 e. The third-order valence-corrected chi connectivity index (χ3v) is 1.63. The fourth-order valence-corrected chi connectivity index (χ4v) is 0.957. The lowest BCUT2D eigenvalue weighted by Gasteiger charge is -2.05. The maximum atomic E-state index is 3.35. The highest BCUT2D eigenvalue weighted by molar-refractivity contribution is 4.53. The average Bonchev–Trinajstić information content (AvgIpc) is 2.10. The molecule has 74 valence electrons. The van der Waals surface area contributed by atoms with Crippen LogP contribution in [0.2, 0.25) is 0 Å². The first-order valence-corrected chi connectivity index (χ1v) is 5.04. The van der Waals surface area contributed by atoms with E-state index in [1.54, 1.807) is 0 Å². The summed E-state index contributed by atoms with van der Waals surface area (Å²) < 4.78 is 0. The van der Waals surface area contributed by atoms with Crippen molar-refractivity contribution in [1.29, 1.82) is 0 Å². The summed E-state index contributed by atoms with van der Waals surface area (Å²) in [5.74, 6) is 0. The summed E-state index contributed by atoms with van der Waals surface area (Å²) in [6.45, 7) is 10.8. The van der Waals surface area contributed by atoms with Crippen molar-refractivity contribution in [2.75, 3.05) is 39.3 Å². The van der Waals surface area contributed by atoms with Crippen LogP contribution >= 0.6 is 0 Å². The van der Waals surface area contributed by atoms with E-state index in [9.17, 15) is 0 Å². The van der Waals surface area contributed by atoms with E-state index in [2.05, 4.69) is 29.8 Å². The Morgan fingerprint density at radius 2 is 1.17 bits per heavy atom. The normalized spacial score (nSPS) is 10.5. The van der Waals surface area contributed by atoms with Crippen LogP contribution in [-0.4, -0.2) is 39.3 Å². The first-order chi connectivity index (χ1) is 5.91. The van der Waals surface area contributed by atoms with Crippen molar-refractivity contribution in [2.24, 2.45) is 0 Å². The summed E-state index contributed by atoms with van der Waals surface area (Å²) in [6, 6.07) is 0. The SMILES string of the molecule is CCCNCCNCCNCC. The summed E-state index contributed by atoms with van der Waals surface area (Å²) in [5, 5.41) is 9.96. The van der Waals surface area contributed by atoms with Gasteiger partial charge in [-0.05, 0) is 19.5 Å². The Morgan fingerprint density at radius 1 is 0.667 bits per heavy atom. The highest BCUT2D eigenvalue weighted by Gasteiger charge is 1.86. The molecule has 0 atom stereocenters. The van der Waals surface area contributed by atoms with Crippen LogP contribution in [0.3, 0.4) is 0 Å². The summed E-state index contributed by atoms with van der Waals surface area (Å²) in [5.41, 5.74) is 0. The van der Waals surface area contributed by atoms with Crippen LogP contribution in [0.25, 0.3) is 0 Å². The molecule has 0 amide bonds. The lowest BCUT2D eigenvalue weighted by molar-refractivity contribution is 0.586. The van der Waals surface area contributed by atoms with Crippen LogP contribution in [0.4, 0.5) is 0 Å². The van der Waals surface area contributed by atoms with Gasteiger partial charge in [-0.25, -0.2) is 0 Å². The van der Waals surface area contributed by atoms with Crippen LogP contribution in [0.15, 0.2) is 0 Å². The van der Waals surface area contributed by atoms with Gasteiger partial charge in [0.05, 0.1) is 0 Å². The summed E-state index contributed by atoms with van der Waals surface area (Å²) in [4.78, 5) is 0. The molecule has 12 heavy (non-hydrogen) atoms. The van der Waals surface area contributed by atoms with Gasteiger partial charge in [0.25, 0.3) is 0 Å². The third-order valence-electron chi connectivity index (χ3n) is 1.63. The molecule has 3 heteroatoms. The molecule has 0 aromatic rings. The van der Waals surface area contributed by atoms with Crippen LogP contribution < -0.4 is 16.0 Å². The molecule has 0 fully saturated rings. The van der Waals surface area contributed by atoms with Gasteiger partial charge >= 0.3 is 0 Å². The second-order valence-electron chi connectivity index (χ2n) is 2.85. The first-order valence-electron chi connectivity index (χ1n) is 5.04. The Bertz CT molecular complexity index is 66.2. The fourth-order valence-electron chi connectivity index (χ4n) is 0.957. The lowest BCUT2D eigenvalue weighted by atomic mass is 10.4. The Balaban J connectivity index is 2.73. The summed E-state index contributed by atoms with van der Waals surface area (Å²) in [6.07, 6.45) is 1.22. The van der Waals surface area contributed by atoms with Gasteiger partial charge in [0.15, 0.2) is 0 Å². The predicted octanol–water partition coefficient (Wildman–Crippen LogP) is 0.185. The second kappa shape index (κ2) is 10.9. The molecule has 0 unspecified atom stereocenters. The third kappa shape index (κ3) is 9.88. The van der Waals surface area contributed by atoms with Gasteiger partial charge in [-0.3, -0.25) is 0 Å². The van der Waals surface area contributed by atoms with Crippen LogP contribution in [-0.2, 0) is 0 Å². The maximum absolute atomic E-state index is 3.35. The van der Waals surface area contributed by atoms with E-state index in [0.29, 0.717) is 0 Å². The molecule has 0 heterocycles. The van der Waals surface area contributed by atoms with Gasteiger partial charge < -0.3 is 16.0 Å². The number of rotatable bonds is 9. The van der Waals surface area contributed by atoms with Crippen molar-refractivity contribution in [3.63, 3.8) is 0 Å². The summed E-state index contributed by atoms with van der Waals surface area (Å²) in [7, 11) is 0. The van der Waals surface area contributed by atoms with Crippen molar-refractivity contribution in [3.8, 4) is 0 Å². The molecular formula is C9H23N3. The van der Waals surface area contributed by atoms with Gasteiger partial charge in [-0.2, -0.15) is 0 Å². The minimum atomic E-state index is 1.07. The molecule has 0 aromatic heterocycles. The van der Waals surface area contributed by atoms with Crippen molar-refractivity contribution in [1.82, 2.24) is 16.0 Å². The molecule has 0 aliphatic heterocycles. The summed E-state index contributed by atoms with van der Waals surface area (Å²) >= 11 is 0. The van der Waals surface area contributed by atoms with E-state index >= 15 is 0 Å². The van der Waals surface area contributed by atoms with Crippen LogP contribution in [0.1, 0.15) is 20.3 Å². The molecule has 0 saturated heterocycles. The van der Waals surface area contributed by atoms with E-state index < -0.39 is 0 Å². The molecule has 0 bridgehead atoms. The molecule has 0 rings (SSSR count). The minimum Gasteiger partial charge on any atom is -0.316 e. The molecular weight excluding hydrogens is 150 g/mol. The van der Waals surface area contributed by atoms with Crippen molar-refractivity contribution in [3.05, 3.63) is 0 Å². The highest BCUT2D eigenvalue weighted by Crippen LogP contribution is 1.67. The zero-order valence-corrected chi connectivity index (χ0v) is 8.45. The Morgan fingerprint density at radius 3 is 1.67 bits per heavy atom. The van der Waals surface area contributed by atoms with Gasteiger partial charge in [0.2, 0.25) is 0 Å². The van der Waals surface area contributed by atoms with Gasteiger partial charge in [-0.15, -0.1) is 0 Å². The van der Waals surface area contributed by atoms with Crippen molar-refractivity contribution >= 4 is 0 Å². The fraction of sp³-hybridized carbons (Fsp3) is 1.00. The topological polar surface area (TPSA) is 36.1 Å². The highest BCUT2D eigenvalue weighted by atomic mass is 15.0. The lowest BCUT2D eigenvalue weighted by Crippen LogP contribution is -2.32. The molecule has 0 aromatic carbocycles. The van der Waals surface area contributed by atoms with E-state index in [1.165, 1.54) is 6.42 Å². The Labute approximate surface area is 76.3 Å². The number of hydrogen-bond donors (Lipinski definition) is 3. The molecule has 3 N–H and O–H groups in total. The van der Waals surface area contributed by atoms with Gasteiger partial charge in [0, 0.05) is 26.2 Å². The second-order valence-corrected chi connectivity index (χ2v) is 2.85. The molecule has 0 saturated carbocycles. The first kappa shape index (κ1) is 11.9. The zero-order chi connectivity index (χ0) is 9.07. The molecule has 3 nitrogen and oxygen atoms in total. The standard InChI is InChI=1S/C9H23N3/c1-3-5-11-8-9-12-7-6-10-4-2/h10-12H,3-9H2,1-2H3. The number of likely N-dealkylation sites (N-methyl/N-ethyl adjacent to an activating group) is 1. The monoisotopic (exact) mass is 173 g/mol. The Kier molecular flexibility index (Phi) is 10.8. The predicted molar refractivity (Wildman–Crippen MR) is 54.6 cm³/mol. The van der Waals surface area contributed by atoms with E-state index in [1.807, 2.05) is 0 Å². The van der Waals surface area contributed by atoms with Crippen molar-refractivity contribution in [2.45, 2.75) is 20.3 Å². The van der Waals surface area contributed by atoms with Crippen LogP contribution in [0, 0.1) is 0 Å².